The number of alkyl halides is 3. The highest BCUT2D eigenvalue weighted by molar-refractivity contribution is 6.46. The number of aromatic nitrogens is 4. The van der Waals surface area contributed by atoms with Crippen LogP contribution in [0.15, 0.2) is 53.5 Å². The van der Waals surface area contributed by atoms with Crippen molar-refractivity contribution in [3.8, 4) is 0 Å². The highest BCUT2D eigenvalue weighted by Gasteiger charge is 2.52. The Bertz CT molecular complexity index is 1580. The normalized spacial score (nSPS) is 21.2. The van der Waals surface area contributed by atoms with Crippen LogP contribution in [-0.2, 0) is 17.5 Å². The molecule has 2 aromatic carbocycles. The molecule has 3 aromatic rings. The van der Waals surface area contributed by atoms with Crippen LogP contribution in [0.1, 0.15) is 119 Å². The average Bonchev–Trinajstić information content (AvgIpc) is 3.62. The average molecular weight is 652 g/mol. The van der Waals surface area contributed by atoms with Gasteiger partial charge in [0.2, 0.25) is 0 Å². The smallest absolute Gasteiger partial charge is 0.345 e. The van der Waals surface area contributed by atoms with Crippen LogP contribution in [0.2, 0.25) is 0 Å². The molecule has 5 rings (SSSR count). The summed E-state index contributed by atoms with van der Waals surface area (Å²) in [4.78, 5) is 34.5. The minimum absolute atomic E-state index is 0.0236. The number of nitrogens with one attached hydrogen (secondary N) is 2. The Balaban J connectivity index is 1.50. The van der Waals surface area contributed by atoms with E-state index in [9.17, 15) is 22.8 Å². The first-order valence-electron chi connectivity index (χ1n) is 16.2. The first-order valence-corrected chi connectivity index (χ1v) is 16.2. The second-order valence-corrected chi connectivity index (χ2v) is 15.1. The van der Waals surface area contributed by atoms with Crippen molar-refractivity contribution in [1.29, 1.82) is 0 Å². The van der Waals surface area contributed by atoms with Gasteiger partial charge in [-0.3, -0.25) is 14.6 Å². The largest absolute Gasteiger partial charge is 0.416 e. The maximum atomic E-state index is 14.5. The van der Waals surface area contributed by atoms with E-state index < -0.39 is 17.4 Å². The van der Waals surface area contributed by atoms with Crippen LogP contribution in [0.25, 0.3) is 0 Å². The number of nitrogens with zero attached hydrogens (tertiary/aromatic N) is 5. The van der Waals surface area contributed by atoms with Gasteiger partial charge in [0.15, 0.2) is 5.82 Å². The van der Waals surface area contributed by atoms with E-state index in [1.807, 2.05) is 17.0 Å². The molecular formula is C35H44F3N7O2. The number of H-pyrrole nitrogens is 1. The fraction of sp³-hybridized carbons (Fsp3) is 0.543. The lowest BCUT2D eigenvalue weighted by Crippen LogP contribution is -2.51. The quantitative estimate of drug-likeness (QED) is 0.266. The van der Waals surface area contributed by atoms with Crippen LogP contribution in [-0.4, -0.2) is 48.7 Å². The molecule has 12 heteroatoms. The molecule has 0 radical (unpaired) electrons. The first kappa shape index (κ1) is 34.3. The molecule has 252 valence electrons. The van der Waals surface area contributed by atoms with Crippen molar-refractivity contribution in [2.45, 2.75) is 104 Å². The molecule has 1 aliphatic heterocycles. The van der Waals surface area contributed by atoms with Crippen molar-refractivity contribution >= 4 is 17.5 Å². The molecule has 1 atom stereocenters. The summed E-state index contributed by atoms with van der Waals surface area (Å²) in [6.45, 7) is 13.3. The van der Waals surface area contributed by atoms with E-state index in [2.05, 4.69) is 67.5 Å². The van der Waals surface area contributed by atoms with E-state index in [0.717, 1.165) is 37.0 Å². The number of carbonyl (C=O) groups is 2. The zero-order valence-electron chi connectivity index (χ0n) is 27.9. The molecule has 2 heterocycles. The summed E-state index contributed by atoms with van der Waals surface area (Å²) in [7, 11) is 0. The fourth-order valence-corrected chi connectivity index (χ4v) is 6.74. The zero-order chi connectivity index (χ0) is 34.2. The number of carbonyl (C=O) groups excluding carboxylic acids is 2. The third kappa shape index (κ3) is 7.73. The van der Waals surface area contributed by atoms with Gasteiger partial charge in [-0.2, -0.15) is 18.4 Å². The van der Waals surface area contributed by atoms with E-state index in [1.165, 1.54) is 12.1 Å². The number of hydrogen-bond acceptors (Lipinski definition) is 6. The third-order valence-corrected chi connectivity index (χ3v) is 9.52. The summed E-state index contributed by atoms with van der Waals surface area (Å²) in [5.41, 5.74) is 0.386. The summed E-state index contributed by atoms with van der Waals surface area (Å²) in [6.07, 6.45) is 0.0578. The number of aromatic amines is 1. The van der Waals surface area contributed by atoms with E-state index in [-0.39, 0.29) is 40.9 Å². The van der Waals surface area contributed by atoms with Gasteiger partial charge in [-0.25, -0.2) is 0 Å². The van der Waals surface area contributed by atoms with Crippen LogP contribution in [0.4, 0.5) is 13.2 Å². The number of hydrogen-bond donors (Lipinski definition) is 2. The highest BCUT2D eigenvalue weighted by Crippen LogP contribution is 2.50. The van der Waals surface area contributed by atoms with Gasteiger partial charge in [0.1, 0.15) is 11.4 Å². The zero-order valence-corrected chi connectivity index (χ0v) is 27.9. The molecule has 0 bridgehead atoms. The van der Waals surface area contributed by atoms with Gasteiger partial charge in [-0.1, -0.05) is 71.0 Å². The Morgan fingerprint density at radius 2 is 1.64 bits per heavy atom. The number of benzene rings is 2. The summed E-state index contributed by atoms with van der Waals surface area (Å²) < 4.78 is 40.1. The predicted octanol–water partition coefficient (Wildman–Crippen LogP) is 7.28. The predicted molar refractivity (Wildman–Crippen MR) is 172 cm³/mol. The van der Waals surface area contributed by atoms with Gasteiger partial charge in [0.25, 0.3) is 11.8 Å². The Morgan fingerprint density at radius 3 is 2.17 bits per heavy atom. The molecule has 0 saturated heterocycles. The van der Waals surface area contributed by atoms with E-state index >= 15 is 0 Å². The lowest BCUT2D eigenvalue weighted by atomic mass is 9.69. The first-order chi connectivity index (χ1) is 22.0. The maximum Gasteiger partial charge on any atom is 0.416 e. The monoisotopic (exact) mass is 651 g/mol. The summed E-state index contributed by atoms with van der Waals surface area (Å²) in [5.74, 6) is 0.239. The summed E-state index contributed by atoms with van der Waals surface area (Å²) in [6, 6.07) is 11.6. The standard InChI is InChI=1S/C35H44F3N7O2/c1-32(2,3)18-17-27(22-7-9-24(10-8-22)30(46)39-21-28-41-43-44-42-28)45-31(47)29(23-11-13-26(14-12-23)35(36,37)38)40-34(45)19-15-25(16-20-34)33(4,5)6/h7-14,25,27H,15-21H2,1-6H3,(H,39,46)(H,41,42,43,44)/t25?,27-,34?/m1/s1. The molecule has 2 N–H and O–H groups in total. The van der Waals surface area contributed by atoms with Gasteiger partial charge < -0.3 is 10.2 Å². The van der Waals surface area contributed by atoms with E-state index in [0.29, 0.717) is 42.1 Å². The Morgan fingerprint density at radius 1 is 1.00 bits per heavy atom. The van der Waals surface area contributed by atoms with Gasteiger partial charge in [-0.15, -0.1) is 10.2 Å². The molecule has 0 unspecified atom stereocenters. The Hall–Kier alpha value is -4.09. The lowest BCUT2D eigenvalue weighted by molar-refractivity contribution is -0.137. The van der Waals surface area contributed by atoms with Gasteiger partial charge in [0, 0.05) is 11.1 Å². The van der Waals surface area contributed by atoms with Gasteiger partial charge >= 0.3 is 6.18 Å². The van der Waals surface area contributed by atoms with Crippen molar-refractivity contribution in [2.75, 3.05) is 0 Å². The number of rotatable bonds is 8. The van der Waals surface area contributed by atoms with E-state index in [4.69, 9.17) is 4.99 Å². The van der Waals surface area contributed by atoms with Gasteiger partial charge in [-0.05, 0) is 85.1 Å². The molecule has 1 aromatic heterocycles. The van der Waals surface area contributed by atoms with Crippen LogP contribution < -0.4 is 5.32 Å². The fourth-order valence-electron chi connectivity index (χ4n) is 6.74. The molecular weight excluding hydrogens is 607 g/mol. The SMILES string of the molecule is CC(C)(C)CC[C@H](c1ccc(C(=O)NCc2nn[nH]n2)cc1)N1C(=O)C(c2ccc(C(F)(F)F)cc2)=NC12CCC(C(C)(C)C)CC2. The van der Waals surface area contributed by atoms with Crippen LogP contribution in [0.3, 0.4) is 0 Å². The summed E-state index contributed by atoms with van der Waals surface area (Å²) >= 11 is 0. The van der Waals surface area contributed by atoms with Gasteiger partial charge in [0.05, 0.1) is 18.2 Å². The minimum atomic E-state index is -4.48. The van der Waals surface area contributed by atoms with E-state index in [1.54, 1.807) is 12.1 Å². The number of amides is 2. The van der Waals surface area contributed by atoms with Crippen molar-refractivity contribution < 1.29 is 22.8 Å². The number of aliphatic imine (C=N–C) groups is 1. The van der Waals surface area contributed by atoms with Crippen molar-refractivity contribution in [2.24, 2.45) is 21.7 Å². The molecule has 1 fully saturated rings. The maximum absolute atomic E-state index is 14.5. The second-order valence-electron chi connectivity index (χ2n) is 15.1. The molecule has 1 saturated carbocycles. The van der Waals surface area contributed by atoms with Crippen LogP contribution in [0, 0.1) is 16.7 Å². The molecule has 47 heavy (non-hydrogen) atoms. The van der Waals surface area contributed by atoms with Crippen molar-refractivity contribution in [1.82, 2.24) is 30.8 Å². The number of halogens is 3. The molecule has 1 aliphatic carbocycles. The Kier molecular flexibility index (Phi) is 9.36. The van der Waals surface area contributed by atoms with Crippen molar-refractivity contribution in [3.63, 3.8) is 0 Å². The highest BCUT2D eigenvalue weighted by atomic mass is 19.4. The summed E-state index contributed by atoms with van der Waals surface area (Å²) in [5, 5.41) is 16.3. The second kappa shape index (κ2) is 12.8. The van der Waals surface area contributed by atoms with Crippen LogP contribution >= 0.6 is 0 Å². The number of tetrazole rings is 1. The Labute approximate surface area is 273 Å². The van der Waals surface area contributed by atoms with Crippen LogP contribution in [0.5, 0.6) is 0 Å². The minimum Gasteiger partial charge on any atom is -0.345 e. The molecule has 2 amide bonds. The third-order valence-electron chi connectivity index (χ3n) is 9.52. The molecule has 1 spiro atoms. The topological polar surface area (TPSA) is 116 Å². The molecule has 9 nitrogen and oxygen atoms in total. The van der Waals surface area contributed by atoms with Crippen molar-refractivity contribution in [3.05, 3.63) is 76.6 Å². The molecule has 2 aliphatic rings. The lowest BCUT2D eigenvalue weighted by Gasteiger charge is -2.47.